The molecule has 1 aliphatic rings. The van der Waals surface area contributed by atoms with Gasteiger partial charge in [-0.15, -0.1) is 5.10 Å². The SMILES string of the molecule is CC(C)C/C=C(/CN1CCC(n2cc([C@H](C)O)nn2)CC1)C(C)C. The van der Waals surface area contributed by atoms with E-state index in [0.29, 0.717) is 17.7 Å². The summed E-state index contributed by atoms with van der Waals surface area (Å²) in [5.74, 6) is 1.34. The maximum atomic E-state index is 9.59. The Labute approximate surface area is 146 Å². The predicted molar refractivity (Wildman–Crippen MR) is 97.7 cm³/mol. The smallest absolute Gasteiger partial charge is 0.111 e. The number of allylic oxidation sites excluding steroid dienone is 1. The van der Waals surface area contributed by atoms with Crippen LogP contribution < -0.4 is 0 Å². The lowest BCUT2D eigenvalue weighted by molar-refractivity contribution is 0.187. The van der Waals surface area contributed by atoms with Crippen LogP contribution in [0.2, 0.25) is 0 Å². The second-order valence-corrected chi connectivity index (χ2v) is 7.87. The maximum Gasteiger partial charge on any atom is 0.111 e. The molecule has 2 heterocycles. The molecule has 0 unspecified atom stereocenters. The van der Waals surface area contributed by atoms with E-state index in [4.69, 9.17) is 0 Å². The molecule has 1 aliphatic heterocycles. The highest BCUT2D eigenvalue weighted by Crippen LogP contribution is 2.24. The Hall–Kier alpha value is -1.20. The summed E-state index contributed by atoms with van der Waals surface area (Å²) in [6.07, 6.45) is 7.17. The number of nitrogens with zero attached hydrogens (tertiary/aromatic N) is 4. The van der Waals surface area contributed by atoms with Gasteiger partial charge in [0.2, 0.25) is 0 Å². The Kier molecular flexibility index (Phi) is 6.99. The number of aliphatic hydroxyl groups excluding tert-OH is 1. The van der Waals surface area contributed by atoms with Crippen molar-refractivity contribution in [3.63, 3.8) is 0 Å². The lowest BCUT2D eigenvalue weighted by atomic mass is 9.97. The highest BCUT2D eigenvalue weighted by Gasteiger charge is 2.23. The molecule has 5 heteroatoms. The van der Waals surface area contributed by atoms with Crippen molar-refractivity contribution in [1.29, 1.82) is 0 Å². The van der Waals surface area contributed by atoms with E-state index in [1.807, 2.05) is 10.9 Å². The fourth-order valence-electron chi connectivity index (χ4n) is 3.13. The van der Waals surface area contributed by atoms with Crippen molar-refractivity contribution >= 4 is 0 Å². The monoisotopic (exact) mass is 334 g/mol. The zero-order valence-corrected chi connectivity index (χ0v) is 15.9. The van der Waals surface area contributed by atoms with E-state index in [9.17, 15) is 5.11 Å². The summed E-state index contributed by atoms with van der Waals surface area (Å²) in [6.45, 7) is 14.2. The maximum absolute atomic E-state index is 9.59. The second kappa shape index (κ2) is 8.77. The van der Waals surface area contributed by atoms with Crippen LogP contribution in [-0.4, -0.2) is 44.6 Å². The highest BCUT2D eigenvalue weighted by molar-refractivity contribution is 5.08. The summed E-state index contributed by atoms with van der Waals surface area (Å²) < 4.78 is 1.94. The number of rotatable bonds is 7. The fraction of sp³-hybridized carbons (Fsp3) is 0.789. The molecule has 24 heavy (non-hydrogen) atoms. The molecule has 5 nitrogen and oxygen atoms in total. The molecule has 0 saturated carbocycles. The molecule has 1 saturated heterocycles. The number of piperidine rings is 1. The molecule has 0 aliphatic carbocycles. The van der Waals surface area contributed by atoms with E-state index in [2.05, 4.69) is 49.0 Å². The van der Waals surface area contributed by atoms with Gasteiger partial charge >= 0.3 is 0 Å². The van der Waals surface area contributed by atoms with Gasteiger partial charge in [0.25, 0.3) is 0 Å². The molecule has 136 valence electrons. The van der Waals surface area contributed by atoms with Crippen LogP contribution in [0.4, 0.5) is 0 Å². The minimum Gasteiger partial charge on any atom is -0.387 e. The largest absolute Gasteiger partial charge is 0.387 e. The Morgan fingerprint density at radius 2 is 1.92 bits per heavy atom. The third-order valence-corrected chi connectivity index (χ3v) is 4.89. The molecule has 0 aromatic carbocycles. The van der Waals surface area contributed by atoms with Crippen molar-refractivity contribution < 1.29 is 5.11 Å². The molecule has 2 rings (SSSR count). The number of aromatic nitrogens is 3. The summed E-state index contributed by atoms with van der Waals surface area (Å²) in [5.41, 5.74) is 2.23. The molecule has 0 radical (unpaired) electrons. The first kappa shape index (κ1) is 19.1. The molecule has 1 aromatic rings. The molecule has 1 fully saturated rings. The topological polar surface area (TPSA) is 54.2 Å². The molecule has 1 N–H and O–H groups in total. The number of hydrogen-bond donors (Lipinski definition) is 1. The van der Waals surface area contributed by atoms with Crippen LogP contribution in [0, 0.1) is 11.8 Å². The van der Waals surface area contributed by atoms with Crippen LogP contribution in [0.15, 0.2) is 17.8 Å². The molecule has 0 spiro atoms. The van der Waals surface area contributed by atoms with E-state index in [0.717, 1.165) is 38.4 Å². The Morgan fingerprint density at radius 1 is 1.25 bits per heavy atom. The Morgan fingerprint density at radius 3 is 2.42 bits per heavy atom. The van der Waals surface area contributed by atoms with Crippen LogP contribution in [0.5, 0.6) is 0 Å². The van der Waals surface area contributed by atoms with Gasteiger partial charge in [-0.2, -0.15) is 0 Å². The van der Waals surface area contributed by atoms with Gasteiger partial charge in [0, 0.05) is 19.6 Å². The van der Waals surface area contributed by atoms with Crippen LogP contribution in [0.1, 0.15) is 71.7 Å². The predicted octanol–water partition coefficient (Wildman–Crippen LogP) is 3.60. The second-order valence-electron chi connectivity index (χ2n) is 7.87. The Balaban J connectivity index is 1.88. The van der Waals surface area contributed by atoms with Gasteiger partial charge in [0.05, 0.1) is 18.3 Å². The van der Waals surface area contributed by atoms with Gasteiger partial charge in [-0.25, -0.2) is 4.68 Å². The minimum atomic E-state index is -0.543. The zero-order valence-electron chi connectivity index (χ0n) is 15.9. The van der Waals surface area contributed by atoms with Crippen molar-refractivity contribution in [2.75, 3.05) is 19.6 Å². The molecular formula is C19H34N4O. The van der Waals surface area contributed by atoms with Crippen LogP contribution in [0.25, 0.3) is 0 Å². The minimum absolute atomic E-state index is 0.406. The first-order valence-electron chi connectivity index (χ1n) is 9.37. The summed E-state index contributed by atoms with van der Waals surface area (Å²) in [5, 5.41) is 17.9. The normalized spacial score (nSPS) is 19.4. The highest BCUT2D eigenvalue weighted by atomic mass is 16.3. The van der Waals surface area contributed by atoms with Gasteiger partial charge in [0.1, 0.15) is 5.69 Å². The van der Waals surface area contributed by atoms with Gasteiger partial charge in [-0.05, 0) is 38.0 Å². The number of likely N-dealkylation sites (tertiary alicyclic amines) is 1. The van der Waals surface area contributed by atoms with Crippen molar-refractivity contribution in [2.45, 2.75) is 66.0 Å². The Bertz CT molecular complexity index is 525. The van der Waals surface area contributed by atoms with Crippen LogP contribution in [-0.2, 0) is 0 Å². The third-order valence-electron chi connectivity index (χ3n) is 4.89. The first-order valence-corrected chi connectivity index (χ1v) is 9.37. The lowest BCUT2D eigenvalue weighted by Crippen LogP contribution is -2.36. The average molecular weight is 335 g/mol. The van der Waals surface area contributed by atoms with Gasteiger partial charge in [-0.3, -0.25) is 4.90 Å². The zero-order chi connectivity index (χ0) is 17.7. The summed E-state index contributed by atoms with van der Waals surface area (Å²) in [6, 6.07) is 0.406. The fourth-order valence-corrected chi connectivity index (χ4v) is 3.13. The quantitative estimate of drug-likeness (QED) is 0.774. The lowest BCUT2D eigenvalue weighted by Gasteiger charge is -2.33. The van der Waals surface area contributed by atoms with Crippen molar-refractivity contribution in [3.05, 3.63) is 23.5 Å². The number of aliphatic hydroxyl groups is 1. The molecular weight excluding hydrogens is 300 g/mol. The molecule has 1 aromatic heterocycles. The summed E-state index contributed by atoms with van der Waals surface area (Å²) in [4.78, 5) is 2.56. The van der Waals surface area contributed by atoms with E-state index in [1.54, 1.807) is 12.5 Å². The van der Waals surface area contributed by atoms with Crippen molar-refractivity contribution in [1.82, 2.24) is 19.9 Å². The van der Waals surface area contributed by atoms with E-state index < -0.39 is 6.10 Å². The standard InChI is InChI=1S/C19H34N4O/c1-14(2)6-7-17(15(3)4)12-22-10-8-18(9-11-22)23-13-19(16(5)24)20-21-23/h7,13-16,18,24H,6,8-12H2,1-5H3/b17-7-/t16-/m0/s1. The molecule has 0 amide bonds. The molecule has 1 atom stereocenters. The third kappa shape index (κ3) is 5.42. The van der Waals surface area contributed by atoms with Gasteiger partial charge < -0.3 is 5.11 Å². The van der Waals surface area contributed by atoms with Crippen LogP contribution in [0.3, 0.4) is 0 Å². The summed E-state index contributed by atoms with van der Waals surface area (Å²) >= 11 is 0. The first-order chi connectivity index (χ1) is 11.4. The van der Waals surface area contributed by atoms with Crippen LogP contribution >= 0.6 is 0 Å². The number of hydrogen-bond acceptors (Lipinski definition) is 4. The average Bonchev–Trinajstić information content (AvgIpc) is 3.01. The van der Waals surface area contributed by atoms with Crippen molar-refractivity contribution in [2.24, 2.45) is 11.8 Å². The summed E-state index contributed by atoms with van der Waals surface area (Å²) in [7, 11) is 0. The van der Waals surface area contributed by atoms with E-state index >= 15 is 0 Å². The van der Waals surface area contributed by atoms with Crippen molar-refractivity contribution in [3.8, 4) is 0 Å². The van der Waals surface area contributed by atoms with E-state index in [-0.39, 0.29) is 0 Å². The van der Waals surface area contributed by atoms with Gasteiger partial charge in [-0.1, -0.05) is 44.6 Å². The molecule has 0 bridgehead atoms. The van der Waals surface area contributed by atoms with Gasteiger partial charge in [0.15, 0.2) is 0 Å². The van der Waals surface area contributed by atoms with E-state index in [1.165, 1.54) is 6.42 Å².